The van der Waals surface area contributed by atoms with Crippen LogP contribution in [0.5, 0.6) is 0 Å². The molecule has 3 heterocycles. The molecule has 3 aromatic rings. The van der Waals surface area contributed by atoms with Gasteiger partial charge < -0.3 is 15.5 Å². The summed E-state index contributed by atoms with van der Waals surface area (Å²) in [6, 6.07) is 8.09. The van der Waals surface area contributed by atoms with Crippen LogP contribution < -0.4 is 5.73 Å². The first-order valence-corrected chi connectivity index (χ1v) is 9.23. The molecule has 1 aromatic carbocycles. The molecule has 1 aliphatic rings. The van der Waals surface area contributed by atoms with Crippen molar-refractivity contribution in [2.45, 2.75) is 30.6 Å². The van der Waals surface area contributed by atoms with Crippen molar-refractivity contribution in [3.05, 3.63) is 30.5 Å². The van der Waals surface area contributed by atoms with Gasteiger partial charge in [-0.15, -0.1) is 10.2 Å². The van der Waals surface area contributed by atoms with E-state index in [9.17, 15) is 4.79 Å². The van der Waals surface area contributed by atoms with Crippen LogP contribution in [-0.2, 0) is 16.1 Å². The molecule has 25 heavy (non-hydrogen) atoms. The lowest BCUT2D eigenvalue weighted by atomic mass is 10.1. The van der Waals surface area contributed by atoms with E-state index in [1.807, 2.05) is 29.0 Å². The quantitative estimate of drug-likeness (QED) is 0.659. The predicted molar refractivity (Wildman–Crippen MR) is 96.2 cm³/mol. The lowest BCUT2D eigenvalue weighted by Gasteiger charge is -2.14. The van der Waals surface area contributed by atoms with Crippen LogP contribution in [0.4, 0.5) is 0 Å². The molecule has 1 saturated heterocycles. The number of aromatic amines is 1. The van der Waals surface area contributed by atoms with Crippen molar-refractivity contribution in [3.8, 4) is 11.4 Å². The van der Waals surface area contributed by atoms with Crippen LogP contribution >= 0.6 is 11.8 Å². The third-order valence-corrected chi connectivity index (χ3v) is 5.29. The summed E-state index contributed by atoms with van der Waals surface area (Å²) in [6.45, 7) is 1.46. The first-order chi connectivity index (χ1) is 12.2. The van der Waals surface area contributed by atoms with Gasteiger partial charge in [0.2, 0.25) is 5.91 Å². The van der Waals surface area contributed by atoms with Gasteiger partial charge in [-0.2, -0.15) is 0 Å². The second-order valence-corrected chi connectivity index (χ2v) is 7.00. The number of hydrogen-bond acceptors (Lipinski definition) is 5. The number of rotatable bonds is 6. The van der Waals surface area contributed by atoms with E-state index < -0.39 is 0 Å². The Balaban J connectivity index is 1.74. The Kier molecular flexibility index (Phi) is 4.46. The minimum absolute atomic E-state index is 0.146. The number of benzene rings is 1. The molecule has 4 rings (SSSR count). The van der Waals surface area contributed by atoms with E-state index in [0.29, 0.717) is 11.7 Å². The second-order valence-electron chi connectivity index (χ2n) is 6.05. The van der Waals surface area contributed by atoms with Gasteiger partial charge in [-0.1, -0.05) is 30.0 Å². The molecule has 130 valence electrons. The molecule has 1 aliphatic heterocycles. The number of para-hydroxylation sites is 1. The molecule has 0 saturated carbocycles. The third-order valence-electron chi connectivity index (χ3n) is 4.30. The zero-order valence-corrected chi connectivity index (χ0v) is 14.5. The molecule has 0 aliphatic carbocycles. The van der Waals surface area contributed by atoms with Crippen molar-refractivity contribution in [3.63, 3.8) is 0 Å². The fourth-order valence-electron chi connectivity index (χ4n) is 3.14. The number of nitrogens with zero attached hydrogens (tertiary/aromatic N) is 3. The van der Waals surface area contributed by atoms with Crippen LogP contribution in [0.1, 0.15) is 12.8 Å². The molecule has 8 heteroatoms. The Bertz CT molecular complexity index is 897. The third kappa shape index (κ3) is 3.27. The Hall–Kier alpha value is -2.32. The maximum Gasteiger partial charge on any atom is 0.227 e. The zero-order chi connectivity index (χ0) is 17.2. The van der Waals surface area contributed by atoms with Crippen LogP contribution in [0.15, 0.2) is 35.6 Å². The molecule has 1 fully saturated rings. The van der Waals surface area contributed by atoms with Crippen LogP contribution in [0.3, 0.4) is 0 Å². The fraction of sp³-hybridized carbons (Fsp3) is 0.353. The average molecular weight is 357 g/mol. The molecular formula is C17H19N5O2S. The Morgan fingerprint density at radius 2 is 2.28 bits per heavy atom. The Labute approximate surface area is 148 Å². The summed E-state index contributed by atoms with van der Waals surface area (Å²) in [4.78, 5) is 14.4. The topological polar surface area (TPSA) is 98.8 Å². The van der Waals surface area contributed by atoms with Crippen LogP contribution in [0.2, 0.25) is 0 Å². The Morgan fingerprint density at radius 1 is 1.40 bits per heavy atom. The highest BCUT2D eigenvalue weighted by Crippen LogP contribution is 2.31. The van der Waals surface area contributed by atoms with Gasteiger partial charge in [0, 0.05) is 29.3 Å². The zero-order valence-electron chi connectivity index (χ0n) is 13.6. The van der Waals surface area contributed by atoms with Crippen molar-refractivity contribution in [2.75, 3.05) is 12.4 Å². The number of amides is 1. The maximum atomic E-state index is 11.2. The fourth-order valence-corrected chi connectivity index (χ4v) is 3.83. The molecule has 0 spiro atoms. The van der Waals surface area contributed by atoms with Gasteiger partial charge in [-0.05, 0) is 18.9 Å². The first kappa shape index (κ1) is 16.2. The minimum Gasteiger partial charge on any atom is -0.376 e. The molecule has 0 unspecified atom stereocenters. The van der Waals surface area contributed by atoms with Crippen molar-refractivity contribution in [1.29, 1.82) is 0 Å². The highest BCUT2D eigenvalue weighted by Gasteiger charge is 2.23. The van der Waals surface area contributed by atoms with Crippen molar-refractivity contribution >= 4 is 28.6 Å². The van der Waals surface area contributed by atoms with E-state index in [0.717, 1.165) is 41.7 Å². The van der Waals surface area contributed by atoms with E-state index in [2.05, 4.69) is 21.2 Å². The summed E-state index contributed by atoms with van der Waals surface area (Å²) in [6.07, 6.45) is 4.18. The summed E-state index contributed by atoms with van der Waals surface area (Å²) in [5, 5.41) is 10.5. The van der Waals surface area contributed by atoms with Gasteiger partial charge in [0.05, 0.1) is 18.4 Å². The van der Waals surface area contributed by atoms with E-state index in [4.69, 9.17) is 10.5 Å². The molecule has 1 amide bonds. The summed E-state index contributed by atoms with van der Waals surface area (Å²) in [5.74, 6) is 0.586. The lowest BCUT2D eigenvalue weighted by Crippen LogP contribution is -2.18. The number of thioether (sulfide) groups is 1. The number of nitrogens with one attached hydrogen (secondary N) is 1. The number of fused-ring (bicyclic) bond motifs is 1. The highest BCUT2D eigenvalue weighted by atomic mass is 32.2. The van der Waals surface area contributed by atoms with Crippen LogP contribution in [0, 0.1) is 0 Å². The van der Waals surface area contributed by atoms with E-state index in [1.54, 1.807) is 0 Å². The number of nitrogens with two attached hydrogens (primary N) is 1. The van der Waals surface area contributed by atoms with Gasteiger partial charge in [-0.3, -0.25) is 9.36 Å². The van der Waals surface area contributed by atoms with Crippen LogP contribution in [0.25, 0.3) is 22.3 Å². The number of ether oxygens (including phenoxy) is 1. The second kappa shape index (κ2) is 6.89. The lowest BCUT2D eigenvalue weighted by molar-refractivity contribution is -0.115. The van der Waals surface area contributed by atoms with Gasteiger partial charge in [-0.25, -0.2) is 0 Å². The van der Waals surface area contributed by atoms with E-state index in [1.165, 1.54) is 11.8 Å². The molecule has 2 aromatic heterocycles. The number of carbonyl (C=O) groups excluding carboxylic acids is 1. The molecular weight excluding hydrogens is 338 g/mol. The van der Waals surface area contributed by atoms with Gasteiger partial charge in [0.15, 0.2) is 11.0 Å². The first-order valence-electron chi connectivity index (χ1n) is 8.25. The molecule has 1 atom stereocenters. The summed E-state index contributed by atoms with van der Waals surface area (Å²) >= 11 is 1.31. The summed E-state index contributed by atoms with van der Waals surface area (Å²) in [7, 11) is 0. The number of H-pyrrole nitrogens is 1. The number of hydrogen-bond donors (Lipinski definition) is 2. The molecule has 0 radical (unpaired) electrons. The smallest absolute Gasteiger partial charge is 0.227 e. The number of primary amides is 1. The number of carbonyl (C=O) groups is 1. The highest BCUT2D eigenvalue weighted by molar-refractivity contribution is 7.99. The SMILES string of the molecule is NC(=O)CSc1nnc(-c2c[nH]c3ccccc23)n1C[C@@H]1CCCO1. The molecule has 7 nitrogen and oxygen atoms in total. The summed E-state index contributed by atoms with van der Waals surface area (Å²) < 4.78 is 7.82. The molecule has 0 bridgehead atoms. The largest absolute Gasteiger partial charge is 0.376 e. The average Bonchev–Trinajstić information content (AvgIpc) is 3.33. The van der Waals surface area contributed by atoms with Crippen molar-refractivity contribution < 1.29 is 9.53 Å². The molecule has 3 N–H and O–H groups in total. The van der Waals surface area contributed by atoms with Gasteiger partial charge in [0.25, 0.3) is 0 Å². The van der Waals surface area contributed by atoms with E-state index in [-0.39, 0.29) is 17.8 Å². The summed E-state index contributed by atoms with van der Waals surface area (Å²) in [5.41, 5.74) is 7.33. The van der Waals surface area contributed by atoms with Crippen molar-refractivity contribution in [2.24, 2.45) is 5.73 Å². The maximum absolute atomic E-state index is 11.2. The van der Waals surface area contributed by atoms with Crippen LogP contribution in [-0.4, -0.2) is 44.1 Å². The number of aromatic nitrogens is 4. The standard InChI is InChI=1S/C17H19N5O2S/c18-15(23)10-25-17-21-20-16(22(17)9-11-4-3-7-24-11)13-8-19-14-6-2-1-5-12(13)14/h1-2,5-6,8,11,19H,3-4,7,9-10H2,(H2,18,23)/t11-/m0/s1. The van der Waals surface area contributed by atoms with E-state index >= 15 is 0 Å². The Morgan fingerprint density at radius 3 is 3.08 bits per heavy atom. The monoisotopic (exact) mass is 357 g/mol. The van der Waals surface area contributed by atoms with Crippen molar-refractivity contribution in [1.82, 2.24) is 19.7 Å². The van der Waals surface area contributed by atoms with Gasteiger partial charge in [0.1, 0.15) is 0 Å². The minimum atomic E-state index is -0.370. The normalized spacial score (nSPS) is 17.4. The predicted octanol–water partition coefficient (Wildman–Crippen LogP) is 2.18. The van der Waals surface area contributed by atoms with Gasteiger partial charge >= 0.3 is 0 Å².